The number of aromatic nitrogens is 5. The molecule has 1 atom stereocenters. The van der Waals surface area contributed by atoms with Crippen molar-refractivity contribution in [2.75, 3.05) is 0 Å². The van der Waals surface area contributed by atoms with Gasteiger partial charge in [-0.05, 0) is 45.4 Å². The molecule has 1 aliphatic heterocycles. The van der Waals surface area contributed by atoms with Gasteiger partial charge in [0, 0.05) is 24.6 Å². The number of carbonyl (C=O) groups excluding carboxylic acids is 1. The molecule has 1 unspecified atom stereocenters. The molecule has 25 heavy (non-hydrogen) atoms. The van der Waals surface area contributed by atoms with Gasteiger partial charge in [0.15, 0.2) is 0 Å². The number of hydrogen-bond donors (Lipinski definition) is 1. The SMILES string of the molecule is Cc1nc2ccc(C(=O)NC3CCc4nnc(C)n4C3)cc2nc1C. The van der Waals surface area contributed by atoms with Crippen LogP contribution in [0, 0.1) is 20.8 Å². The molecule has 128 valence electrons. The lowest BCUT2D eigenvalue weighted by atomic mass is 10.1. The number of amides is 1. The molecule has 0 saturated heterocycles. The average molecular weight is 336 g/mol. The van der Waals surface area contributed by atoms with E-state index in [1.165, 1.54) is 0 Å². The summed E-state index contributed by atoms with van der Waals surface area (Å²) in [5, 5.41) is 11.4. The third-order valence-electron chi connectivity index (χ3n) is 4.80. The molecule has 3 aromatic rings. The first-order chi connectivity index (χ1) is 12.0. The van der Waals surface area contributed by atoms with Crippen LogP contribution in [0.15, 0.2) is 18.2 Å². The van der Waals surface area contributed by atoms with Gasteiger partial charge in [0.1, 0.15) is 11.6 Å². The van der Waals surface area contributed by atoms with Crippen LogP contribution in [-0.4, -0.2) is 36.7 Å². The fraction of sp³-hybridized carbons (Fsp3) is 0.389. The maximum absolute atomic E-state index is 12.6. The monoisotopic (exact) mass is 336 g/mol. The maximum Gasteiger partial charge on any atom is 0.251 e. The first kappa shape index (κ1) is 15.7. The van der Waals surface area contributed by atoms with Crippen molar-refractivity contribution < 1.29 is 4.79 Å². The minimum Gasteiger partial charge on any atom is -0.347 e. The van der Waals surface area contributed by atoms with Crippen LogP contribution in [0.5, 0.6) is 0 Å². The quantitative estimate of drug-likeness (QED) is 0.772. The Morgan fingerprint density at radius 1 is 1.12 bits per heavy atom. The van der Waals surface area contributed by atoms with Gasteiger partial charge in [0.05, 0.1) is 22.4 Å². The second-order valence-corrected chi connectivity index (χ2v) is 6.58. The molecule has 1 N–H and O–H groups in total. The molecular weight excluding hydrogens is 316 g/mol. The Morgan fingerprint density at radius 2 is 1.88 bits per heavy atom. The van der Waals surface area contributed by atoms with Crippen molar-refractivity contribution >= 4 is 16.9 Å². The van der Waals surface area contributed by atoms with Gasteiger partial charge >= 0.3 is 0 Å². The first-order valence-electron chi connectivity index (χ1n) is 8.46. The van der Waals surface area contributed by atoms with Crippen molar-refractivity contribution in [1.82, 2.24) is 30.0 Å². The number of hydrogen-bond acceptors (Lipinski definition) is 5. The predicted molar refractivity (Wildman–Crippen MR) is 93.3 cm³/mol. The van der Waals surface area contributed by atoms with E-state index in [-0.39, 0.29) is 11.9 Å². The van der Waals surface area contributed by atoms with E-state index < -0.39 is 0 Å². The molecule has 7 nitrogen and oxygen atoms in total. The van der Waals surface area contributed by atoms with Crippen LogP contribution in [-0.2, 0) is 13.0 Å². The zero-order valence-electron chi connectivity index (χ0n) is 14.6. The van der Waals surface area contributed by atoms with Crippen molar-refractivity contribution in [2.24, 2.45) is 0 Å². The largest absolute Gasteiger partial charge is 0.347 e. The lowest BCUT2D eigenvalue weighted by Crippen LogP contribution is -2.41. The number of nitrogens with zero attached hydrogens (tertiary/aromatic N) is 5. The van der Waals surface area contributed by atoms with Gasteiger partial charge in [-0.1, -0.05) is 0 Å². The normalized spacial score (nSPS) is 16.7. The summed E-state index contributed by atoms with van der Waals surface area (Å²) in [5.74, 6) is 1.80. The van der Waals surface area contributed by atoms with Gasteiger partial charge in [0.25, 0.3) is 5.91 Å². The lowest BCUT2D eigenvalue weighted by molar-refractivity contribution is 0.0927. The highest BCUT2D eigenvalue weighted by molar-refractivity contribution is 5.97. The smallest absolute Gasteiger partial charge is 0.251 e. The molecule has 0 aliphatic carbocycles. The molecule has 0 spiro atoms. The van der Waals surface area contributed by atoms with Crippen LogP contribution in [0.1, 0.15) is 39.8 Å². The average Bonchev–Trinajstić information content (AvgIpc) is 2.96. The van der Waals surface area contributed by atoms with Crippen LogP contribution in [0.25, 0.3) is 11.0 Å². The molecular formula is C18H20N6O. The Kier molecular flexibility index (Phi) is 3.71. The summed E-state index contributed by atoms with van der Waals surface area (Å²) >= 11 is 0. The Morgan fingerprint density at radius 3 is 2.68 bits per heavy atom. The fourth-order valence-corrected chi connectivity index (χ4v) is 3.22. The van der Waals surface area contributed by atoms with E-state index in [2.05, 4.69) is 30.0 Å². The van der Waals surface area contributed by atoms with Crippen molar-refractivity contribution in [2.45, 2.75) is 46.2 Å². The summed E-state index contributed by atoms with van der Waals surface area (Å²) in [4.78, 5) is 21.7. The van der Waals surface area contributed by atoms with Crippen LogP contribution in [0.2, 0.25) is 0 Å². The van der Waals surface area contributed by atoms with E-state index in [4.69, 9.17) is 0 Å². The molecule has 0 bridgehead atoms. The van der Waals surface area contributed by atoms with Crippen molar-refractivity contribution in [3.63, 3.8) is 0 Å². The molecule has 4 rings (SSSR count). The summed E-state index contributed by atoms with van der Waals surface area (Å²) < 4.78 is 2.08. The summed E-state index contributed by atoms with van der Waals surface area (Å²) in [6, 6.07) is 5.55. The van der Waals surface area contributed by atoms with Crippen LogP contribution in [0.3, 0.4) is 0 Å². The fourth-order valence-electron chi connectivity index (χ4n) is 3.22. The molecule has 3 heterocycles. The zero-order chi connectivity index (χ0) is 17.6. The van der Waals surface area contributed by atoms with Crippen molar-refractivity contribution in [3.05, 3.63) is 46.8 Å². The van der Waals surface area contributed by atoms with Gasteiger partial charge in [0.2, 0.25) is 0 Å². The van der Waals surface area contributed by atoms with Gasteiger partial charge in [-0.2, -0.15) is 0 Å². The second kappa shape index (κ2) is 5.91. The van der Waals surface area contributed by atoms with Gasteiger partial charge in [-0.15, -0.1) is 10.2 Å². The second-order valence-electron chi connectivity index (χ2n) is 6.58. The highest BCUT2D eigenvalue weighted by atomic mass is 16.1. The summed E-state index contributed by atoms with van der Waals surface area (Å²) in [6.07, 6.45) is 1.70. The molecule has 0 saturated carbocycles. The number of carbonyl (C=O) groups is 1. The molecule has 7 heteroatoms. The summed E-state index contributed by atoms with van der Waals surface area (Å²) in [7, 11) is 0. The topological polar surface area (TPSA) is 85.6 Å². The van der Waals surface area contributed by atoms with Gasteiger partial charge in [-0.3, -0.25) is 4.79 Å². The highest BCUT2D eigenvalue weighted by Crippen LogP contribution is 2.17. The standard InChI is InChI=1S/C18H20N6O/c1-10-11(2)20-16-8-13(4-6-15(16)19-10)18(25)21-14-5-7-17-23-22-12(3)24(17)9-14/h4,6,8,14H,5,7,9H2,1-3H3,(H,21,25). The lowest BCUT2D eigenvalue weighted by Gasteiger charge is -2.25. The van der Waals surface area contributed by atoms with E-state index >= 15 is 0 Å². The van der Waals surface area contributed by atoms with Crippen molar-refractivity contribution in [1.29, 1.82) is 0 Å². The first-order valence-corrected chi connectivity index (χ1v) is 8.46. The number of nitrogens with one attached hydrogen (secondary N) is 1. The van der Waals surface area contributed by atoms with Gasteiger partial charge < -0.3 is 9.88 Å². The number of benzene rings is 1. The number of rotatable bonds is 2. The van der Waals surface area contributed by atoms with Crippen molar-refractivity contribution in [3.8, 4) is 0 Å². The predicted octanol–water partition coefficient (Wildman–Crippen LogP) is 1.89. The van der Waals surface area contributed by atoms with Crippen LogP contribution in [0.4, 0.5) is 0 Å². The minimum atomic E-state index is -0.0823. The Balaban J connectivity index is 1.54. The third-order valence-corrected chi connectivity index (χ3v) is 4.80. The van der Waals surface area contributed by atoms with Gasteiger partial charge in [-0.25, -0.2) is 9.97 Å². The molecule has 1 amide bonds. The van der Waals surface area contributed by atoms with Crippen LogP contribution >= 0.6 is 0 Å². The zero-order valence-corrected chi connectivity index (χ0v) is 14.6. The molecule has 1 aromatic carbocycles. The van der Waals surface area contributed by atoms with E-state index in [1.54, 1.807) is 6.07 Å². The summed E-state index contributed by atoms with van der Waals surface area (Å²) in [5.41, 5.74) is 3.95. The van der Waals surface area contributed by atoms with Crippen LogP contribution < -0.4 is 5.32 Å². The van der Waals surface area contributed by atoms with E-state index in [1.807, 2.05) is 32.9 Å². The molecule has 1 aliphatic rings. The Labute approximate surface area is 145 Å². The van der Waals surface area contributed by atoms with E-state index in [0.29, 0.717) is 12.1 Å². The minimum absolute atomic E-state index is 0.0798. The third kappa shape index (κ3) is 2.86. The molecule has 0 fully saturated rings. The van der Waals surface area contributed by atoms with E-state index in [0.717, 1.165) is 46.9 Å². The Bertz CT molecular complexity index is 977. The van der Waals surface area contributed by atoms with E-state index in [9.17, 15) is 4.79 Å². The Hall–Kier alpha value is -2.83. The number of fused-ring (bicyclic) bond motifs is 2. The summed E-state index contributed by atoms with van der Waals surface area (Å²) in [6.45, 7) is 6.51. The molecule has 2 aromatic heterocycles. The molecule has 0 radical (unpaired) electrons. The number of aryl methyl sites for hydroxylation is 4. The highest BCUT2D eigenvalue weighted by Gasteiger charge is 2.23. The maximum atomic E-state index is 12.6.